The second-order valence-electron chi connectivity index (χ2n) is 8.42. The number of nitrogens with one attached hydrogen (secondary N) is 1. The molecule has 0 bridgehead atoms. The molecule has 0 radical (unpaired) electrons. The van der Waals surface area contributed by atoms with Crippen LogP contribution in [0.4, 0.5) is 11.5 Å². The average molecular weight is 492 g/mol. The van der Waals surface area contributed by atoms with Gasteiger partial charge in [-0.25, -0.2) is 15.0 Å². The Morgan fingerprint density at radius 2 is 1.86 bits per heavy atom. The summed E-state index contributed by atoms with van der Waals surface area (Å²) in [4.78, 5) is 32.3. The topological polar surface area (TPSA) is 112 Å². The number of hydrogen-bond acceptors (Lipinski definition) is 8. The zero-order valence-electron chi connectivity index (χ0n) is 19.3. The van der Waals surface area contributed by atoms with Crippen LogP contribution in [-0.4, -0.2) is 24.5 Å². The van der Waals surface area contributed by atoms with E-state index in [1.54, 1.807) is 22.5 Å². The van der Waals surface area contributed by atoms with Crippen LogP contribution in [-0.2, 0) is 0 Å². The number of aromatic nitrogens is 5. The van der Waals surface area contributed by atoms with Crippen LogP contribution in [0.1, 0.15) is 18.7 Å². The van der Waals surface area contributed by atoms with Crippen LogP contribution in [0.2, 0.25) is 0 Å². The predicted molar refractivity (Wildman–Crippen MR) is 144 cm³/mol. The van der Waals surface area contributed by atoms with E-state index in [4.69, 9.17) is 5.73 Å². The van der Waals surface area contributed by atoms with E-state index < -0.39 is 0 Å². The standard InChI is InChI=1S/C27H21N7OS/c1-16(33-25-24-26(31-14-30-25)36-15-32-24)22-11-17-6-5-9-21(18-10-19(28)13-29-12-18)23(17)27(35)34(22)20-7-3-2-4-8-20/h2-16H,28H2,1H3,(H,30,31,33)/t16-/m0/s1. The van der Waals surface area contributed by atoms with Crippen LogP contribution in [0.25, 0.3) is 37.9 Å². The largest absolute Gasteiger partial charge is 0.397 e. The number of fused-ring (bicyclic) bond motifs is 2. The van der Waals surface area contributed by atoms with Gasteiger partial charge in [-0.15, -0.1) is 11.3 Å². The molecule has 3 N–H and O–H groups in total. The normalized spacial score (nSPS) is 12.1. The number of hydrogen-bond donors (Lipinski definition) is 2. The molecule has 4 aromatic heterocycles. The van der Waals surface area contributed by atoms with E-state index in [0.29, 0.717) is 22.4 Å². The molecule has 0 amide bonds. The van der Waals surface area contributed by atoms with Gasteiger partial charge in [-0.1, -0.05) is 36.4 Å². The first-order chi connectivity index (χ1) is 17.6. The molecule has 1 atom stereocenters. The van der Waals surface area contributed by atoms with Gasteiger partial charge in [0.1, 0.15) is 16.7 Å². The minimum Gasteiger partial charge on any atom is -0.397 e. The van der Waals surface area contributed by atoms with E-state index in [1.165, 1.54) is 17.7 Å². The monoisotopic (exact) mass is 491 g/mol. The van der Waals surface area contributed by atoms with E-state index in [-0.39, 0.29) is 11.6 Å². The van der Waals surface area contributed by atoms with Crippen LogP contribution >= 0.6 is 11.3 Å². The molecule has 0 fully saturated rings. The summed E-state index contributed by atoms with van der Waals surface area (Å²) in [5.74, 6) is 0.625. The Bertz CT molecular complexity index is 1780. The van der Waals surface area contributed by atoms with E-state index in [0.717, 1.165) is 32.7 Å². The Morgan fingerprint density at radius 1 is 1.00 bits per heavy atom. The number of nitrogens with zero attached hydrogens (tertiary/aromatic N) is 5. The third-order valence-electron chi connectivity index (χ3n) is 6.09. The quantitative estimate of drug-likeness (QED) is 0.341. The lowest BCUT2D eigenvalue weighted by atomic mass is 9.98. The predicted octanol–water partition coefficient (Wildman–Crippen LogP) is 5.21. The summed E-state index contributed by atoms with van der Waals surface area (Å²) in [5.41, 5.74) is 12.0. The number of benzene rings is 2. The lowest BCUT2D eigenvalue weighted by molar-refractivity contribution is 0.774. The van der Waals surface area contributed by atoms with Gasteiger partial charge in [-0.3, -0.25) is 14.3 Å². The third kappa shape index (κ3) is 3.75. The van der Waals surface area contributed by atoms with Crippen molar-refractivity contribution in [2.24, 2.45) is 0 Å². The van der Waals surface area contributed by atoms with Gasteiger partial charge < -0.3 is 11.1 Å². The third-order valence-corrected chi connectivity index (χ3v) is 6.82. The fourth-order valence-electron chi connectivity index (χ4n) is 4.47. The minimum atomic E-state index is -0.264. The van der Waals surface area contributed by atoms with Gasteiger partial charge in [0.25, 0.3) is 5.56 Å². The summed E-state index contributed by atoms with van der Waals surface area (Å²) in [5, 5.41) is 4.89. The van der Waals surface area contributed by atoms with Gasteiger partial charge in [0.05, 0.1) is 22.6 Å². The van der Waals surface area contributed by atoms with Crippen molar-refractivity contribution in [2.45, 2.75) is 13.0 Å². The van der Waals surface area contributed by atoms with Crippen molar-refractivity contribution in [3.05, 3.63) is 101 Å². The maximum Gasteiger partial charge on any atom is 0.263 e. The second kappa shape index (κ2) is 8.86. The summed E-state index contributed by atoms with van der Waals surface area (Å²) in [6.45, 7) is 2.01. The molecule has 6 aromatic rings. The highest BCUT2D eigenvalue weighted by atomic mass is 32.1. The summed E-state index contributed by atoms with van der Waals surface area (Å²) in [6.07, 6.45) is 4.84. The first-order valence-electron chi connectivity index (χ1n) is 11.4. The molecule has 0 aliphatic carbocycles. The lowest BCUT2D eigenvalue weighted by Crippen LogP contribution is -2.26. The van der Waals surface area contributed by atoms with Crippen LogP contribution in [0.3, 0.4) is 0 Å². The SMILES string of the molecule is C[C@H](Nc1ncnc2scnc12)c1cc2cccc(-c3cncc(N)c3)c2c(=O)n1-c1ccccc1. The van der Waals surface area contributed by atoms with E-state index in [2.05, 4.69) is 25.3 Å². The molecule has 0 spiro atoms. The van der Waals surface area contributed by atoms with Crippen LogP contribution in [0.5, 0.6) is 0 Å². The number of pyridine rings is 2. The Labute approximate surface area is 210 Å². The summed E-state index contributed by atoms with van der Waals surface area (Å²) in [7, 11) is 0. The number of para-hydroxylation sites is 1. The fourth-order valence-corrected chi connectivity index (χ4v) is 5.10. The summed E-state index contributed by atoms with van der Waals surface area (Å²) < 4.78 is 1.75. The molecule has 8 nitrogen and oxygen atoms in total. The van der Waals surface area contributed by atoms with Crippen molar-refractivity contribution in [3.63, 3.8) is 0 Å². The molecule has 176 valence electrons. The van der Waals surface area contributed by atoms with Crippen molar-refractivity contribution in [2.75, 3.05) is 11.1 Å². The van der Waals surface area contributed by atoms with Gasteiger partial charge >= 0.3 is 0 Å². The van der Waals surface area contributed by atoms with Crippen molar-refractivity contribution in [1.82, 2.24) is 24.5 Å². The zero-order chi connectivity index (χ0) is 24.6. The van der Waals surface area contributed by atoms with Crippen molar-refractivity contribution in [1.29, 1.82) is 0 Å². The molecule has 0 aliphatic rings. The molecule has 0 aliphatic heterocycles. The maximum absolute atomic E-state index is 14.2. The van der Waals surface area contributed by atoms with Crippen molar-refractivity contribution in [3.8, 4) is 16.8 Å². The van der Waals surface area contributed by atoms with Gasteiger partial charge in [0.15, 0.2) is 5.82 Å². The highest BCUT2D eigenvalue weighted by Crippen LogP contribution is 2.31. The number of nitrogens with two attached hydrogens (primary N) is 1. The first-order valence-corrected chi connectivity index (χ1v) is 12.2. The molecular weight excluding hydrogens is 470 g/mol. The number of nitrogen functional groups attached to an aromatic ring is 1. The molecule has 0 unspecified atom stereocenters. The van der Waals surface area contributed by atoms with Crippen molar-refractivity contribution >= 4 is 44.0 Å². The second-order valence-corrected chi connectivity index (χ2v) is 9.25. The summed E-state index contributed by atoms with van der Waals surface area (Å²) in [6, 6.07) is 19.1. The molecule has 0 saturated heterocycles. The number of rotatable bonds is 5. The molecule has 36 heavy (non-hydrogen) atoms. The zero-order valence-corrected chi connectivity index (χ0v) is 20.1. The number of anilines is 2. The molecule has 2 aromatic carbocycles. The van der Waals surface area contributed by atoms with Gasteiger partial charge in [-0.05, 0) is 42.1 Å². The maximum atomic E-state index is 14.2. The van der Waals surface area contributed by atoms with Crippen LogP contribution in [0, 0.1) is 0 Å². The molecular formula is C27H21N7OS. The van der Waals surface area contributed by atoms with Crippen LogP contribution < -0.4 is 16.6 Å². The summed E-state index contributed by atoms with van der Waals surface area (Å²) >= 11 is 1.46. The highest BCUT2D eigenvalue weighted by Gasteiger charge is 2.20. The first kappa shape index (κ1) is 21.9. The van der Waals surface area contributed by atoms with E-state index in [9.17, 15) is 4.79 Å². The highest BCUT2D eigenvalue weighted by molar-refractivity contribution is 7.16. The van der Waals surface area contributed by atoms with Crippen molar-refractivity contribution < 1.29 is 0 Å². The van der Waals surface area contributed by atoms with Crippen LogP contribution in [0.15, 0.2) is 89.7 Å². The Balaban J connectivity index is 1.58. The van der Waals surface area contributed by atoms with Gasteiger partial charge in [0, 0.05) is 29.3 Å². The Kier molecular flexibility index (Phi) is 5.38. The van der Waals surface area contributed by atoms with Gasteiger partial charge in [0.2, 0.25) is 0 Å². The van der Waals surface area contributed by atoms with Gasteiger partial charge in [-0.2, -0.15) is 0 Å². The minimum absolute atomic E-state index is 0.123. The lowest BCUT2D eigenvalue weighted by Gasteiger charge is -2.22. The number of thiazole rings is 1. The fraction of sp³-hybridized carbons (Fsp3) is 0.0741. The Morgan fingerprint density at radius 3 is 2.69 bits per heavy atom. The molecule has 9 heteroatoms. The molecule has 4 heterocycles. The average Bonchev–Trinajstić information content (AvgIpc) is 3.39. The molecule has 0 saturated carbocycles. The smallest absolute Gasteiger partial charge is 0.263 e. The van der Waals surface area contributed by atoms with E-state index in [1.807, 2.05) is 67.6 Å². The van der Waals surface area contributed by atoms with E-state index >= 15 is 0 Å². The molecule has 6 rings (SSSR count). The Hall–Kier alpha value is -4.63.